The number of aryl methyl sites for hydroxylation is 3. The quantitative estimate of drug-likeness (QED) is 0.241. The minimum Gasteiger partial charge on any atom is -0.299 e. The predicted octanol–water partition coefficient (Wildman–Crippen LogP) is 8.81. The Bertz CT molecular complexity index is 1740. The maximum atomic E-state index is 4.89. The number of nitrogens with zero attached hydrogens (tertiary/aromatic N) is 3. The summed E-state index contributed by atoms with van der Waals surface area (Å²) in [7, 11) is 0. The molecule has 0 aliphatic rings. The molecule has 0 bridgehead atoms. The van der Waals surface area contributed by atoms with Crippen LogP contribution < -0.4 is 0 Å². The Morgan fingerprint density at radius 3 is 2.31 bits per heavy atom. The zero-order valence-electron chi connectivity index (χ0n) is 21.6. The van der Waals surface area contributed by atoms with E-state index in [1.165, 1.54) is 60.6 Å². The third-order valence-corrected chi connectivity index (χ3v) is 7.78. The number of imidazole rings is 1. The van der Waals surface area contributed by atoms with Gasteiger partial charge in [0.15, 0.2) is 0 Å². The van der Waals surface area contributed by atoms with Crippen molar-refractivity contribution < 1.29 is 0 Å². The first-order valence-corrected chi connectivity index (χ1v) is 12.8. The van der Waals surface area contributed by atoms with Crippen molar-refractivity contribution in [3.63, 3.8) is 0 Å². The smallest absolute Gasteiger partial charge is 0.145 e. The normalized spacial score (nSPS) is 12.6. The number of aromatic nitrogens is 3. The molecular weight excluding hydrogens is 438 g/mol. The Kier molecular flexibility index (Phi) is 5.37. The molecule has 0 spiro atoms. The molecule has 0 amide bonds. The van der Waals surface area contributed by atoms with Gasteiger partial charge in [-0.3, -0.25) is 9.38 Å². The van der Waals surface area contributed by atoms with Gasteiger partial charge >= 0.3 is 0 Å². The number of rotatable bonds is 4. The Morgan fingerprint density at radius 1 is 0.778 bits per heavy atom. The van der Waals surface area contributed by atoms with E-state index in [-0.39, 0.29) is 0 Å². The molecule has 0 saturated carbocycles. The Balaban J connectivity index is 1.87. The fourth-order valence-electron chi connectivity index (χ4n) is 5.86. The van der Waals surface area contributed by atoms with Gasteiger partial charge in [-0.2, -0.15) is 0 Å². The molecule has 1 atom stereocenters. The molecule has 36 heavy (non-hydrogen) atoms. The van der Waals surface area contributed by atoms with Gasteiger partial charge in [-0.15, -0.1) is 0 Å². The molecular formula is C33H31N3. The van der Waals surface area contributed by atoms with E-state index in [9.17, 15) is 0 Å². The molecule has 0 fully saturated rings. The van der Waals surface area contributed by atoms with E-state index in [0.717, 1.165) is 17.8 Å². The van der Waals surface area contributed by atoms with Crippen molar-refractivity contribution in [2.45, 2.75) is 47.0 Å². The van der Waals surface area contributed by atoms with E-state index in [2.05, 4.69) is 99.8 Å². The van der Waals surface area contributed by atoms with Crippen LogP contribution in [0, 0.1) is 20.8 Å². The van der Waals surface area contributed by atoms with Gasteiger partial charge in [0.05, 0.1) is 11.2 Å². The molecule has 0 aliphatic heterocycles. The lowest BCUT2D eigenvalue weighted by molar-refractivity contribution is 0.739. The zero-order valence-corrected chi connectivity index (χ0v) is 21.6. The van der Waals surface area contributed by atoms with Crippen LogP contribution in [-0.4, -0.2) is 14.4 Å². The minimum absolute atomic E-state index is 0.420. The van der Waals surface area contributed by atoms with Crippen molar-refractivity contribution in [3.8, 4) is 22.4 Å². The third-order valence-electron chi connectivity index (χ3n) is 7.78. The van der Waals surface area contributed by atoms with Crippen molar-refractivity contribution in [2.24, 2.45) is 0 Å². The molecule has 0 N–H and O–H groups in total. The van der Waals surface area contributed by atoms with E-state index in [1.807, 2.05) is 18.5 Å². The van der Waals surface area contributed by atoms with Gasteiger partial charge in [0.25, 0.3) is 0 Å². The summed E-state index contributed by atoms with van der Waals surface area (Å²) in [6, 6.07) is 22.0. The number of fused-ring (bicyclic) bond motifs is 6. The molecule has 0 radical (unpaired) electrons. The second kappa shape index (κ2) is 8.60. The molecule has 3 heteroatoms. The van der Waals surface area contributed by atoms with Crippen LogP contribution >= 0.6 is 0 Å². The molecule has 3 nitrogen and oxygen atoms in total. The summed E-state index contributed by atoms with van der Waals surface area (Å²) < 4.78 is 2.26. The number of pyridine rings is 2. The van der Waals surface area contributed by atoms with Crippen LogP contribution in [0.1, 0.15) is 48.4 Å². The topological polar surface area (TPSA) is 30.2 Å². The fraction of sp³-hybridized carbons (Fsp3) is 0.212. The Labute approximate surface area is 212 Å². The molecule has 6 aromatic rings. The number of hydrogen-bond acceptors (Lipinski definition) is 2. The summed E-state index contributed by atoms with van der Waals surface area (Å²) in [6.07, 6.45) is 6.98. The lowest BCUT2D eigenvalue weighted by Crippen LogP contribution is -2.02. The average Bonchev–Trinajstić information content (AvgIpc) is 3.38. The van der Waals surface area contributed by atoms with Gasteiger partial charge in [0.2, 0.25) is 0 Å². The molecule has 6 rings (SSSR count). The second-order valence-electron chi connectivity index (χ2n) is 10.1. The third kappa shape index (κ3) is 3.34. The molecule has 1 unspecified atom stereocenters. The second-order valence-corrected chi connectivity index (χ2v) is 10.1. The van der Waals surface area contributed by atoms with Gasteiger partial charge in [-0.1, -0.05) is 50.2 Å². The first-order chi connectivity index (χ1) is 17.5. The van der Waals surface area contributed by atoms with Crippen LogP contribution in [0.15, 0.2) is 79.3 Å². The highest BCUT2D eigenvalue weighted by atomic mass is 15.0. The van der Waals surface area contributed by atoms with Gasteiger partial charge in [-0.25, -0.2) is 4.98 Å². The first kappa shape index (κ1) is 22.5. The van der Waals surface area contributed by atoms with Crippen LogP contribution in [0.3, 0.4) is 0 Å². The van der Waals surface area contributed by atoms with Crippen molar-refractivity contribution in [3.05, 3.63) is 102 Å². The van der Waals surface area contributed by atoms with E-state index in [0.29, 0.717) is 5.92 Å². The van der Waals surface area contributed by atoms with Crippen LogP contribution in [0.4, 0.5) is 0 Å². The monoisotopic (exact) mass is 469 g/mol. The largest absolute Gasteiger partial charge is 0.299 e. The van der Waals surface area contributed by atoms with Gasteiger partial charge in [0.1, 0.15) is 5.65 Å². The van der Waals surface area contributed by atoms with E-state index < -0.39 is 0 Å². The first-order valence-electron chi connectivity index (χ1n) is 12.8. The standard InChI is InChI=1S/C33H31N3/c1-6-20(2)25-18-23(5)30(27-12-7-8-15-34-27)31-26-19-24(29-21(3)10-9-11-22(29)4)13-14-28(26)36-17-16-35-33(36)32(25)31/h7-20H,6H2,1-5H3. The lowest BCUT2D eigenvalue weighted by atomic mass is 9.85. The number of hydrogen-bond donors (Lipinski definition) is 0. The molecule has 3 heterocycles. The predicted molar refractivity (Wildman–Crippen MR) is 152 cm³/mol. The SMILES string of the molecule is CCC(C)c1cc(C)c(-c2ccccn2)c2c3cc(-c4c(C)cccc4C)ccc3n3ccnc3c12. The molecule has 3 aromatic carbocycles. The highest BCUT2D eigenvalue weighted by Gasteiger charge is 2.22. The Hall–Kier alpha value is -3.98. The molecule has 0 aliphatic carbocycles. The van der Waals surface area contributed by atoms with Crippen LogP contribution in [-0.2, 0) is 0 Å². The summed E-state index contributed by atoms with van der Waals surface area (Å²) >= 11 is 0. The summed E-state index contributed by atoms with van der Waals surface area (Å²) in [5.41, 5.74) is 12.2. The van der Waals surface area contributed by atoms with Crippen molar-refractivity contribution >= 4 is 27.3 Å². The molecule has 3 aromatic heterocycles. The number of benzene rings is 3. The van der Waals surface area contributed by atoms with E-state index in [4.69, 9.17) is 9.97 Å². The average molecular weight is 470 g/mol. The molecule has 0 saturated heterocycles. The zero-order chi connectivity index (χ0) is 25.0. The fourth-order valence-corrected chi connectivity index (χ4v) is 5.86. The molecule has 178 valence electrons. The van der Waals surface area contributed by atoms with Crippen molar-refractivity contribution in [1.82, 2.24) is 14.4 Å². The van der Waals surface area contributed by atoms with E-state index in [1.54, 1.807) is 0 Å². The summed E-state index contributed by atoms with van der Waals surface area (Å²) in [5.74, 6) is 0.420. The van der Waals surface area contributed by atoms with Crippen LogP contribution in [0.25, 0.3) is 49.7 Å². The van der Waals surface area contributed by atoms with Crippen molar-refractivity contribution in [1.29, 1.82) is 0 Å². The summed E-state index contributed by atoms with van der Waals surface area (Å²) in [5, 5.41) is 3.74. The van der Waals surface area contributed by atoms with Gasteiger partial charge < -0.3 is 0 Å². The van der Waals surface area contributed by atoms with Gasteiger partial charge in [0, 0.05) is 40.3 Å². The Morgan fingerprint density at radius 2 is 1.58 bits per heavy atom. The summed E-state index contributed by atoms with van der Waals surface area (Å²) in [4.78, 5) is 9.70. The van der Waals surface area contributed by atoms with Gasteiger partial charge in [-0.05, 0) is 90.8 Å². The highest BCUT2D eigenvalue weighted by Crippen LogP contribution is 2.43. The highest BCUT2D eigenvalue weighted by molar-refractivity contribution is 6.20. The maximum absolute atomic E-state index is 4.89. The van der Waals surface area contributed by atoms with E-state index >= 15 is 0 Å². The lowest BCUT2D eigenvalue weighted by Gasteiger charge is -2.21. The summed E-state index contributed by atoms with van der Waals surface area (Å²) in [6.45, 7) is 11.2. The van der Waals surface area contributed by atoms with Crippen LogP contribution in [0.5, 0.6) is 0 Å². The minimum atomic E-state index is 0.420. The van der Waals surface area contributed by atoms with Crippen LogP contribution in [0.2, 0.25) is 0 Å². The van der Waals surface area contributed by atoms with Crippen molar-refractivity contribution in [2.75, 3.05) is 0 Å². The maximum Gasteiger partial charge on any atom is 0.145 e.